The zero-order chi connectivity index (χ0) is 17.8. The molecule has 2 aliphatic heterocycles. The molecule has 0 saturated carbocycles. The molecule has 0 fully saturated rings. The normalized spacial score (nSPS) is 17.8. The second-order valence-electron chi connectivity index (χ2n) is 7.06. The topological polar surface area (TPSA) is 70.2 Å². The Hall–Kier alpha value is -2.89. The number of aryl methyl sites for hydroxylation is 2. The fourth-order valence-electron chi connectivity index (χ4n) is 4.08. The van der Waals surface area contributed by atoms with Gasteiger partial charge in [-0.2, -0.15) is 4.98 Å². The van der Waals surface area contributed by atoms with Crippen LogP contribution in [0.2, 0.25) is 0 Å². The molecule has 0 saturated heterocycles. The van der Waals surface area contributed by atoms with Crippen LogP contribution in [0.5, 0.6) is 5.75 Å². The van der Waals surface area contributed by atoms with E-state index in [1.807, 2.05) is 26.0 Å². The second kappa shape index (κ2) is 5.56. The van der Waals surface area contributed by atoms with Gasteiger partial charge in [-0.1, -0.05) is 23.4 Å². The molecule has 4 heterocycles. The van der Waals surface area contributed by atoms with Crippen LogP contribution in [0.3, 0.4) is 0 Å². The summed E-state index contributed by atoms with van der Waals surface area (Å²) in [6.45, 7) is 4.92. The maximum Gasteiger partial charge on any atom is 0.268 e. The molecule has 26 heavy (non-hydrogen) atoms. The first-order chi connectivity index (χ1) is 12.6. The Morgan fingerprint density at radius 1 is 1.27 bits per heavy atom. The summed E-state index contributed by atoms with van der Waals surface area (Å²) in [4.78, 5) is 17.1. The van der Waals surface area contributed by atoms with Gasteiger partial charge in [0.25, 0.3) is 5.89 Å². The van der Waals surface area contributed by atoms with E-state index in [0.717, 1.165) is 47.7 Å². The minimum Gasteiger partial charge on any atom is -0.480 e. The lowest BCUT2D eigenvalue weighted by Gasteiger charge is -2.10. The molecule has 6 heteroatoms. The Morgan fingerprint density at radius 3 is 3.00 bits per heavy atom. The first-order valence-electron chi connectivity index (χ1n) is 8.94. The van der Waals surface area contributed by atoms with E-state index in [9.17, 15) is 4.79 Å². The summed E-state index contributed by atoms with van der Waals surface area (Å²) in [6, 6.07) is 7.76. The van der Waals surface area contributed by atoms with Crippen LogP contribution >= 0.6 is 0 Å². The lowest BCUT2D eigenvalue weighted by atomic mass is 10.1. The van der Waals surface area contributed by atoms with Crippen LogP contribution in [0.1, 0.15) is 40.9 Å². The van der Waals surface area contributed by atoms with Gasteiger partial charge in [0, 0.05) is 30.4 Å². The molecule has 0 bridgehead atoms. The largest absolute Gasteiger partial charge is 0.480 e. The Bertz CT molecular complexity index is 1080. The number of ether oxygens (including phenoxy) is 1. The van der Waals surface area contributed by atoms with Crippen molar-refractivity contribution in [2.24, 2.45) is 0 Å². The Kier molecular flexibility index (Phi) is 3.29. The van der Waals surface area contributed by atoms with E-state index in [2.05, 4.69) is 20.8 Å². The van der Waals surface area contributed by atoms with Crippen molar-refractivity contribution in [3.8, 4) is 17.1 Å². The van der Waals surface area contributed by atoms with Crippen LogP contribution in [0.4, 0.5) is 0 Å². The second-order valence-corrected chi connectivity index (χ2v) is 7.06. The van der Waals surface area contributed by atoms with Crippen molar-refractivity contribution in [2.45, 2.75) is 45.8 Å². The molecule has 3 aromatic rings. The number of hydrogen-bond donors (Lipinski definition) is 0. The highest BCUT2D eigenvalue weighted by molar-refractivity contribution is 5.59. The van der Waals surface area contributed by atoms with Crippen LogP contribution < -0.4 is 10.2 Å². The van der Waals surface area contributed by atoms with Gasteiger partial charge >= 0.3 is 0 Å². The molecule has 132 valence electrons. The minimum atomic E-state index is -0.298. The maximum absolute atomic E-state index is 12.6. The molecule has 2 aliphatic rings. The monoisotopic (exact) mass is 349 g/mol. The zero-order valence-corrected chi connectivity index (χ0v) is 14.8. The molecule has 6 nitrogen and oxygen atoms in total. The van der Waals surface area contributed by atoms with Gasteiger partial charge < -0.3 is 13.8 Å². The van der Waals surface area contributed by atoms with Crippen molar-refractivity contribution in [2.75, 3.05) is 0 Å². The Labute approximate surface area is 150 Å². The van der Waals surface area contributed by atoms with Gasteiger partial charge in [0.2, 0.25) is 5.82 Å². The van der Waals surface area contributed by atoms with E-state index in [1.54, 1.807) is 6.07 Å². The van der Waals surface area contributed by atoms with Crippen molar-refractivity contribution >= 4 is 0 Å². The number of benzene rings is 1. The fourth-order valence-corrected chi connectivity index (χ4v) is 4.08. The van der Waals surface area contributed by atoms with E-state index in [0.29, 0.717) is 23.7 Å². The van der Waals surface area contributed by atoms with Crippen molar-refractivity contribution < 1.29 is 9.26 Å². The van der Waals surface area contributed by atoms with Gasteiger partial charge in [0.05, 0.1) is 5.56 Å². The van der Waals surface area contributed by atoms with E-state index < -0.39 is 0 Å². The van der Waals surface area contributed by atoms with Crippen molar-refractivity contribution in [1.29, 1.82) is 0 Å². The SMILES string of the molecule is Cc1cccc2c1O[C@H](c1nc(-c3c4n(c(C)cc3=O)CCC4)no1)C2. The van der Waals surface area contributed by atoms with E-state index in [4.69, 9.17) is 9.26 Å². The van der Waals surface area contributed by atoms with Crippen LogP contribution in [-0.4, -0.2) is 14.7 Å². The summed E-state index contributed by atoms with van der Waals surface area (Å²) < 4.78 is 13.7. The predicted molar refractivity (Wildman–Crippen MR) is 95.3 cm³/mol. The van der Waals surface area contributed by atoms with Gasteiger partial charge in [0.15, 0.2) is 11.5 Å². The lowest BCUT2D eigenvalue weighted by molar-refractivity contribution is 0.182. The van der Waals surface area contributed by atoms with Crippen molar-refractivity contribution in [1.82, 2.24) is 14.7 Å². The average Bonchev–Trinajstić information content (AvgIpc) is 3.34. The molecule has 2 aromatic heterocycles. The number of pyridine rings is 1. The molecule has 1 aromatic carbocycles. The fraction of sp³-hybridized carbons (Fsp3) is 0.350. The molecule has 1 atom stereocenters. The van der Waals surface area contributed by atoms with Gasteiger partial charge in [-0.3, -0.25) is 4.79 Å². The van der Waals surface area contributed by atoms with Crippen molar-refractivity contribution in [3.05, 3.63) is 62.9 Å². The minimum absolute atomic E-state index is 0.0468. The number of rotatable bonds is 2. The average molecular weight is 349 g/mol. The summed E-state index contributed by atoms with van der Waals surface area (Å²) in [7, 11) is 0. The summed E-state index contributed by atoms with van der Waals surface area (Å²) in [5.74, 6) is 1.69. The third-order valence-corrected chi connectivity index (χ3v) is 5.32. The molecule has 0 amide bonds. The van der Waals surface area contributed by atoms with Crippen LogP contribution in [0.15, 0.2) is 33.6 Å². The maximum atomic E-state index is 12.6. The van der Waals surface area contributed by atoms with E-state index >= 15 is 0 Å². The van der Waals surface area contributed by atoms with Crippen molar-refractivity contribution in [3.63, 3.8) is 0 Å². The van der Waals surface area contributed by atoms with Gasteiger partial charge in [0.1, 0.15) is 5.75 Å². The first-order valence-corrected chi connectivity index (χ1v) is 8.94. The van der Waals surface area contributed by atoms with Crippen LogP contribution in [-0.2, 0) is 19.4 Å². The molecular formula is C20H19N3O3. The summed E-state index contributed by atoms with van der Waals surface area (Å²) in [5, 5.41) is 4.10. The summed E-state index contributed by atoms with van der Waals surface area (Å²) in [6.07, 6.45) is 2.29. The molecule has 0 spiro atoms. The molecule has 0 radical (unpaired) electrons. The Balaban J connectivity index is 1.53. The Morgan fingerprint density at radius 2 is 2.15 bits per heavy atom. The highest BCUT2D eigenvalue weighted by Crippen LogP contribution is 2.38. The molecule has 0 unspecified atom stereocenters. The standard InChI is InChI=1S/C20H19N3O3/c1-11-5-3-6-13-10-16(25-18(11)13)20-21-19(22-26-20)17-14-7-4-8-23(14)12(2)9-15(17)24/h3,5-6,9,16H,4,7-8,10H2,1-2H3/t16-/m0/s1. The highest BCUT2D eigenvalue weighted by atomic mass is 16.5. The van der Waals surface area contributed by atoms with Gasteiger partial charge in [-0.25, -0.2) is 0 Å². The first kappa shape index (κ1) is 15.4. The number of para-hydroxylation sites is 1. The van der Waals surface area contributed by atoms with Gasteiger partial charge in [-0.15, -0.1) is 0 Å². The molecule has 0 aliphatic carbocycles. The molecule has 0 N–H and O–H groups in total. The molecule has 5 rings (SSSR count). The lowest BCUT2D eigenvalue weighted by Crippen LogP contribution is -2.15. The summed E-state index contributed by atoms with van der Waals surface area (Å²) >= 11 is 0. The third kappa shape index (κ3) is 2.21. The number of nitrogens with zero attached hydrogens (tertiary/aromatic N) is 3. The zero-order valence-electron chi connectivity index (χ0n) is 14.8. The smallest absolute Gasteiger partial charge is 0.268 e. The van der Waals surface area contributed by atoms with E-state index in [-0.39, 0.29) is 11.5 Å². The number of aromatic nitrogens is 3. The summed E-state index contributed by atoms with van der Waals surface area (Å²) in [5.41, 5.74) is 4.75. The third-order valence-electron chi connectivity index (χ3n) is 5.32. The number of hydrogen-bond acceptors (Lipinski definition) is 5. The predicted octanol–water partition coefficient (Wildman–Crippen LogP) is 3.14. The number of fused-ring (bicyclic) bond motifs is 2. The van der Waals surface area contributed by atoms with E-state index in [1.165, 1.54) is 0 Å². The van der Waals surface area contributed by atoms with Crippen LogP contribution in [0.25, 0.3) is 11.4 Å². The van der Waals surface area contributed by atoms with Crippen LogP contribution in [0, 0.1) is 13.8 Å². The van der Waals surface area contributed by atoms with Gasteiger partial charge in [-0.05, 0) is 37.8 Å². The molecular weight excluding hydrogens is 330 g/mol. The quantitative estimate of drug-likeness (QED) is 0.711. The highest BCUT2D eigenvalue weighted by Gasteiger charge is 2.31.